The lowest BCUT2D eigenvalue weighted by atomic mass is 9.80. The fourth-order valence-electron chi connectivity index (χ4n) is 3.69. The van der Waals surface area contributed by atoms with Gasteiger partial charge in [-0.05, 0) is 30.4 Å². The fourth-order valence-corrected chi connectivity index (χ4v) is 3.69. The number of hydrogen-bond acceptors (Lipinski definition) is 4. The van der Waals surface area contributed by atoms with E-state index in [0.29, 0.717) is 5.69 Å². The maximum atomic E-state index is 11.6. The summed E-state index contributed by atoms with van der Waals surface area (Å²) in [5.74, 6) is -3.76. The molecule has 0 aromatic heterocycles. The highest BCUT2D eigenvalue weighted by Crippen LogP contribution is 2.52. The minimum Gasteiger partial charge on any atom is -0.481 e. The number of benzene rings is 1. The van der Waals surface area contributed by atoms with E-state index in [0.717, 1.165) is 6.42 Å². The summed E-state index contributed by atoms with van der Waals surface area (Å²) in [5.41, 5.74) is 0.692. The standard InChI is InChI=1S/C16H19NO4/c1-21-16(20,17-12-5-3-2-4-6-12)14-11-8-7-10(9-11)13(14)15(18)19/h2-8,10-11,13-14,17,20H,9H2,1H3,(H,18,19)/t10-,11-,13+,14+,16-/m0/s1. The third kappa shape index (κ3) is 2.32. The van der Waals surface area contributed by atoms with Gasteiger partial charge in [0.1, 0.15) is 0 Å². The Labute approximate surface area is 123 Å². The van der Waals surface area contributed by atoms with E-state index >= 15 is 0 Å². The summed E-state index contributed by atoms with van der Waals surface area (Å²) in [6.45, 7) is 0. The Balaban J connectivity index is 1.91. The molecule has 0 amide bonds. The molecule has 3 N–H and O–H groups in total. The molecule has 1 aromatic rings. The lowest BCUT2D eigenvalue weighted by molar-refractivity contribution is -0.217. The molecule has 1 fully saturated rings. The largest absolute Gasteiger partial charge is 0.481 e. The van der Waals surface area contributed by atoms with Crippen molar-refractivity contribution in [3.05, 3.63) is 42.5 Å². The molecule has 0 heterocycles. The van der Waals surface area contributed by atoms with Crippen LogP contribution in [0.25, 0.3) is 0 Å². The Morgan fingerprint density at radius 3 is 2.57 bits per heavy atom. The van der Waals surface area contributed by atoms with Crippen molar-refractivity contribution >= 4 is 11.7 Å². The van der Waals surface area contributed by atoms with E-state index in [1.54, 1.807) is 0 Å². The highest BCUT2D eigenvalue weighted by molar-refractivity contribution is 5.72. The Bertz CT molecular complexity index is 559. The Hall–Kier alpha value is -1.85. The number of aliphatic hydroxyl groups is 1. The van der Waals surface area contributed by atoms with Crippen LogP contribution in [0.5, 0.6) is 0 Å². The molecule has 5 atom stereocenters. The predicted octanol–water partition coefficient (Wildman–Crippen LogP) is 1.91. The first-order valence-corrected chi connectivity index (χ1v) is 7.07. The monoisotopic (exact) mass is 289 g/mol. The van der Waals surface area contributed by atoms with Gasteiger partial charge in [0.2, 0.25) is 0 Å². The Kier molecular flexibility index (Phi) is 3.47. The summed E-state index contributed by atoms with van der Waals surface area (Å²) in [6.07, 6.45) is 4.69. The van der Waals surface area contributed by atoms with Crippen molar-refractivity contribution in [3.63, 3.8) is 0 Å². The molecule has 0 aliphatic heterocycles. The molecular formula is C16H19NO4. The van der Waals surface area contributed by atoms with Gasteiger partial charge in [-0.3, -0.25) is 4.79 Å². The zero-order valence-electron chi connectivity index (χ0n) is 11.8. The molecule has 5 heteroatoms. The van der Waals surface area contributed by atoms with E-state index < -0.39 is 23.7 Å². The van der Waals surface area contributed by atoms with E-state index in [4.69, 9.17) is 4.74 Å². The van der Waals surface area contributed by atoms with Gasteiger partial charge in [0.05, 0.1) is 11.8 Å². The van der Waals surface area contributed by atoms with Crippen molar-refractivity contribution < 1.29 is 19.7 Å². The number of para-hydroxylation sites is 1. The molecule has 2 bridgehead atoms. The minimum absolute atomic E-state index is 0.0114. The van der Waals surface area contributed by atoms with Gasteiger partial charge in [0.15, 0.2) is 0 Å². The molecule has 2 aliphatic carbocycles. The third-order valence-electron chi connectivity index (χ3n) is 4.60. The number of methoxy groups -OCH3 is 1. The Morgan fingerprint density at radius 1 is 1.29 bits per heavy atom. The zero-order valence-corrected chi connectivity index (χ0v) is 11.8. The van der Waals surface area contributed by atoms with Gasteiger partial charge < -0.3 is 20.3 Å². The highest BCUT2D eigenvalue weighted by atomic mass is 16.6. The minimum atomic E-state index is -1.70. The van der Waals surface area contributed by atoms with Crippen LogP contribution >= 0.6 is 0 Å². The average molecular weight is 289 g/mol. The van der Waals surface area contributed by atoms with E-state index in [9.17, 15) is 15.0 Å². The molecule has 0 unspecified atom stereocenters. The smallest absolute Gasteiger partial charge is 0.307 e. The number of ether oxygens (including phenoxy) is 1. The van der Waals surface area contributed by atoms with Crippen LogP contribution in [0.1, 0.15) is 6.42 Å². The number of rotatable bonds is 5. The first-order valence-electron chi connectivity index (χ1n) is 7.07. The van der Waals surface area contributed by atoms with E-state index in [1.165, 1.54) is 7.11 Å². The Morgan fingerprint density at radius 2 is 1.95 bits per heavy atom. The van der Waals surface area contributed by atoms with Crippen molar-refractivity contribution in [2.24, 2.45) is 23.7 Å². The first-order chi connectivity index (χ1) is 10.0. The summed E-state index contributed by atoms with van der Waals surface area (Å²) >= 11 is 0. The fraction of sp³-hybridized carbons (Fsp3) is 0.438. The second-order valence-electron chi connectivity index (χ2n) is 5.73. The van der Waals surface area contributed by atoms with Crippen molar-refractivity contribution in [2.45, 2.75) is 12.3 Å². The molecule has 3 rings (SSSR count). The molecule has 0 saturated heterocycles. The maximum Gasteiger partial charge on any atom is 0.307 e. The van der Waals surface area contributed by atoms with Gasteiger partial charge in [-0.1, -0.05) is 30.4 Å². The van der Waals surface area contributed by atoms with Crippen molar-refractivity contribution in [1.29, 1.82) is 0 Å². The van der Waals surface area contributed by atoms with Gasteiger partial charge in [-0.25, -0.2) is 0 Å². The lowest BCUT2D eigenvalue weighted by Gasteiger charge is -2.39. The second-order valence-corrected chi connectivity index (χ2v) is 5.73. The van der Waals surface area contributed by atoms with Crippen molar-refractivity contribution in [1.82, 2.24) is 0 Å². The van der Waals surface area contributed by atoms with Crippen LogP contribution in [0.3, 0.4) is 0 Å². The van der Waals surface area contributed by atoms with E-state index in [2.05, 4.69) is 5.32 Å². The second kappa shape index (κ2) is 5.16. The molecule has 1 saturated carbocycles. The molecule has 2 aliphatic rings. The lowest BCUT2D eigenvalue weighted by Crippen LogP contribution is -2.53. The van der Waals surface area contributed by atoms with Crippen LogP contribution in [-0.2, 0) is 9.53 Å². The van der Waals surface area contributed by atoms with Gasteiger partial charge >= 0.3 is 5.97 Å². The SMILES string of the molecule is CO[C@](O)(Nc1ccccc1)[C@H]1[C@H](C(=O)O)[C@H]2C=C[C@H]1C2. The zero-order chi connectivity index (χ0) is 15.0. The molecule has 0 spiro atoms. The average Bonchev–Trinajstić information content (AvgIpc) is 3.09. The predicted molar refractivity (Wildman–Crippen MR) is 77.4 cm³/mol. The number of allylic oxidation sites excluding steroid dienone is 2. The quantitative estimate of drug-likeness (QED) is 0.570. The van der Waals surface area contributed by atoms with Gasteiger partial charge in [-0.2, -0.15) is 0 Å². The number of fused-ring (bicyclic) bond motifs is 2. The summed E-state index contributed by atoms with van der Waals surface area (Å²) in [5, 5.41) is 23.3. The van der Waals surface area contributed by atoms with Gasteiger partial charge in [-0.15, -0.1) is 0 Å². The molecule has 21 heavy (non-hydrogen) atoms. The number of carboxylic acids is 1. The highest BCUT2D eigenvalue weighted by Gasteiger charge is 2.57. The third-order valence-corrected chi connectivity index (χ3v) is 4.60. The number of carbonyl (C=O) groups is 1. The number of anilines is 1. The van der Waals surface area contributed by atoms with Gasteiger partial charge in [0, 0.05) is 12.8 Å². The number of carboxylic acid groups (broad SMARTS) is 1. The molecule has 1 aromatic carbocycles. The van der Waals surface area contributed by atoms with Crippen LogP contribution in [0.2, 0.25) is 0 Å². The summed E-state index contributed by atoms with van der Waals surface area (Å²) in [7, 11) is 1.39. The number of aliphatic carboxylic acids is 1. The maximum absolute atomic E-state index is 11.6. The van der Waals surface area contributed by atoms with Crippen LogP contribution < -0.4 is 5.32 Å². The first kappa shape index (κ1) is 14.1. The number of hydrogen-bond donors (Lipinski definition) is 3. The van der Waals surface area contributed by atoms with Crippen molar-refractivity contribution in [2.75, 3.05) is 12.4 Å². The van der Waals surface area contributed by atoms with E-state index in [1.807, 2.05) is 42.5 Å². The summed E-state index contributed by atoms with van der Waals surface area (Å²) in [4.78, 5) is 11.6. The molecule has 5 nitrogen and oxygen atoms in total. The molecular weight excluding hydrogens is 270 g/mol. The molecule has 0 radical (unpaired) electrons. The van der Waals surface area contributed by atoms with Crippen molar-refractivity contribution in [3.8, 4) is 0 Å². The van der Waals surface area contributed by atoms with Crippen LogP contribution in [0.15, 0.2) is 42.5 Å². The summed E-state index contributed by atoms with van der Waals surface area (Å²) in [6, 6.07) is 9.17. The van der Waals surface area contributed by atoms with Crippen LogP contribution in [0.4, 0.5) is 5.69 Å². The van der Waals surface area contributed by atoms with Gasteiger partial charge in [0.25, 0.3) is 5.91 Å². The van der Waals surface area contributed by atoms with Crippen LogP contribution in [0, 0.1) is 23.7 Å². The normalized spacial score (nSPS) is 32.9. The summed E-state index contributed by atoms with van der Waals surface area (Å²) < 4.78 is 5.31. The van der Waals surface area contributed by atoms with E-state index in [-0.39, 0.29) is 11.8 Å². The van der Waals surface area contributed by atoms with Crippen LogP contribution in [-0.4, -0.2) is 29.2 Å². The number of nitrogens with one attached hydrogen (secondary N) is 1. The topological polar surface area (TPSA) is 78.8 Å². The molecule has 112 valence electrons.